The first-order valence-electron chi connectivity index (χ1n) is 8.37. The van der Waals surface area contributed by atoms with Gasteiger partial charge in [-0.2, -0.15) is 0 Å². The number of hydrogen-bond donors (Lipinski definition) is 1. The van der Waals surface area contributed by atoms with Gasteiger partial charge in [0.2, 0.25) is 5.91 Å². The van der Waals surface area contributed by atoms with E-state index in [4.69, 9.17) is 16.3 Å². The van der Waals surface area contributed by atoms with Gasteiger partial charge in [0, 0.05) is 24.9 Å². The highest BCUT2D eigenvalue weighted by Crippen LogP contribution is 2.24. The molecule has 8 heteroatoms. The quantitative estimate of drug-likeness (QED) is 0.573. The Kier molecular flexibility index (Phi) is 6.73. The van der Waals surface area contributed by atoms with Gasteiger partial charge in [0.25, 0.3) is 0 Å². The first-order valence-corrected chi connectivity index (χ1v) is 9.73. The monoisotopic (exact) mass is 402 g/mol. The van der Waals surface area contributed by atoms with Gasteiger partial charge in [-0.3, -0.25) is 4.79 Å². The van der Waals surface area contributed by atoms with Crippen LogP contribution in [-0.4, -0.2) is 26.4 Å². The average molecular weight is 403 g/mol. The molecular formula is C19H19ClN4O2S. The molecule has 0 saturated carbocycles. The lowest BCUT2D eigenvalue weighted by Crippen LogP contribution is -2.12. The summed E-state index contributed by atoms with van der Waals surface area (Å²) in [4.78, 5) is 12.0. The minimum absolute atomic E-state index is 0.0295. The summed E-state index contributed by atoms with van der Waals surface area (Å²) in [6, 6.07) is 16.7. The van der Waals surface area contributed by atoms with Gasteiger partial charge in [0.1, 0.15) is 12.4 Å². The predicted octanol–water partition coefficient (Wildman–Crippen LogP) is 4.17. The smallest absolute Gasteiger partial charge is 0.225 e. The van der Waals surface area contributed by atoms with Crippen LogP contribution in [0.4, 0.5) is 5.69 Å². The van der Waals surface area contributed by atoms with Crippen molar-refractivity contribution in [1.29, 1.82) is 0 Å². The highest BCUT2D eigenvalue weighted by Gasteiger charge is 2.11. The minimum atomic E-state index is -0.0295. The van der Waals surface area contributed by atoms with Crippen LogP contribution in [0.25, 0.3) is 0 Å². The van der Waals surface area contributed by atoms with Crippen LogP contribution in [-0.2, 0) is 18.4 Å². The lowest BCUT2D eigenvalue weighted by Gasteiger charge is -2.08. The van der Waals surface area contributed by atoms with Crippen LogP contribution in [0.15, 0.2) is 59.8 Å². The van der Waals surface area contributed by atoms with Gasteiger partial charge in [-0.1, -0.05) is 53.7 Å². The molecule has 1 heterocycles. The highest BCUT2D eigenvalue weighted by atomic mass is 35.5. The van der Waals surface area contributed by atoms with Crippen molar-refractivity contribution >= 4 is 35.0 Å². The molecule has 140 valence electrons. The van der Waals surface area contributed by atoms with Crippen LogP contribution in [0.3, 0.4) is 0 Å². The standard InChI is InChI=1S/C19H19ClN4O2S/c1-24-17(13-26-16-10-6-5-9-15(16)20)22-23-19(24)27-12-11-18(25)21-14-7-3-2-4-8-14/h2-10H,11-13H2,1H3,(H,21,25). The topological polar surface area (TPSA) is 69.0 Å². The van der Waals surface area contributed by atoms with Crippen LogP contribution in [0.5, 0.6) is 5.75 Å². The molecular weight excluding hydrogens is 384 g/mol. The summed E-state index contributed by atoms with van der Waals surface area (Å²) in [7, 11) is 1.87. The Bertz CT molecular complexity index is 902. The van der Waals surface area contributed by atoms with E-state index in [2.05, 4.69) is 15.5 Å². The molecule has 1 N–H and O–H groups in total. The zero-order valence-corrected chi connectivity index (χ0v) is 16.3. The average Bonchev–Trinajstić information content (AvgIpc) is 3.02. The number of halogens is 1. The van der Waals surface area contributed by atoms with Crippen molar-refractivity contribution < 1.29 is 9.53 Å². The molecule has 1 amide bonds. The van der Waals surface area contributed by atoms with Crippen molar-refractivity contribution in [2.24, 2.45) is 7.05 Å². The lowest BCUT2D eigenvalue weighted by atomic mass is 10.3. The maximum atomic E-state index is 12.0. The van der Waals surface area contributed by atoms with Gasteiger partial charge in [-0.05, 0) is 24.3 Å². The zero-order chi connectivity index (χ0) is 19.1. The lowest BCUT2D eigenvalue weighted by molar-refractivity contribution is -0.115. The second kappa shape index (κ2) is 9.43. The van der Waals surface area contributed by atoms with Crippen LogP contribution in [0.2, 0.25) is 5.02 Å². The fourth-order valence-electron chi connectivity index (χ4n) is 2.28. The first-order chi connectivity index (χ1) is 13.1. The summed E-state index contributed by atoms with van der Waals surface area (Å²) >= 11 is 7.56. The molecule has 0 bridgehead atoms. The van der Waals surface area contributed by atoms with Crippen molar-refractivity contribution in [3.63, 3.8) is 0 Å². The summed E-state index contributed by atoms with van der Waals surface area (Å²) in [6.07, 6.45) is 0.387. The van der Waals surface area contributed by atoms with E-state index in [9.17, 15) is 4.79 Å². The molecule has 1 aromatic heterocycles. The molecule has 3 rings (SSSR count). The zero-order valence-electron chi connectivity index (χ0n) is 14.8. The Morgan fingerprint density at radius 3 is 2.67 bits per heavy atom. The molecule has 0 radical (unpaired) electrons. The number of rotatable bonds is 8. The molecule has 0 saturated heterocycles. The molecule has 2 aromatic carbocycles. The fraction of sp³-hybridized carbons (Fsp3) is 0.211. The minimum Gasteiger partial charge on any atom is -0.484 e. The summed E-state index contributed by atoms with van der Waals surface area (Å²) in [6.45, 7) is 0.266. The largest absolute Gasteiger partial charge is 0.484 e. The van der Waals surface area contributed by atoms with Gasteiger partial charge in [0.15, 0.2) is 11.0 Å². The van der Waals surface area contributed by atoms with Gasteiger partial charge in [-0.25, -0.2) is 0 Å². The number of ether oxygens (including phenoxy) is 1. The number of thioether (sulfide) groups is 1. The van der Waals surface area contributed by atoms with E-state index < -0.39 is 0 Å². The van der Waals surface area contributed by atoms with E-state index in [0.29, 0.717) is 28.8 Å². The van der Waals surface area contributed by atoms with E-state index in [1.165, 1.54) is 11.8 Å². The van der Waals surface area contributed by atoms with Gasteiger partial charge in [0.05, 0.1) is 5.02 Å². The molecule has 0 spiro atoms. The number of para-hydroxylation sites is 2. The Labute approximate surface area is 166 Å². The fourth-order valence-corrected chi connectivity index (χ4v) is 3.34. The van der Waals surface area contributed by atoms with E-state index in [1.54, 1.807) is 12.1 Å². The van der Waals surface area contributed by atoms with E-state index >= 15 is 0 Å². The molecule has 3 aromatic rings. The third-order valence-electron chi connectivity index (χ3n) is 3.74. The number of anilines is 1. The number of carbonyl (C=O) groups excluding carboxylic acids is 1. The normalized spacial score (nSPS) is 10.6. The molecule has 0 fully saturated rings. The van der Waals surface area contributed by atoms with Crippen LogP contribution in [0.1, 0.15) is 12.2 Å². The number of nitrogens with zero attached hydrogens (tertiary/aromatic N) is 3. The second-order valence-electron chi connectivity index (χ2n) is 5.69. The van der Waals surface area contributed by atoms with Gasteiger partial charge >= 0.3 is 0 Å². The van der Waals surface area contributed by atoms with Gasteiger partial charge < -0.3 is 14.6 Å². The molecule has 27 heavy (non-hydrogen) atoms. The van der Waals surface area contributed by atoms with E-state index in [0.717, 1.165) is 10.8 Å². The highest BCUT2D eigenvalue weighted by molar-refractivity contribution is 7.99. The summed E-state index contributed by atoms with van der Waals surface area (Å²) in [5.41, 5.74) is 0.796. The number of hydrogen-bond acceptors (Lipinski definition) is 5. The van der Waals surface area contributed by atoms with Crippen LogP contribution >= 0.6 is 23.4 Å². The van der Waals surface area contributed by atoms with Crippen molar-refractivity contribution in [2.75, 3.05) is 11.1 Å². The van der Waals surface area contributed by atoms with Crippen LogP contribution < -0.4 is 10.1 Å². The molecule has 0 aliphatic carbocycles. The predicted molar refractivity (Wildman–Crippen MR) is 107 cm³/mol. The molecule has 0 unspecified atom stereocenters. The Morgan fingerprint density at radius 2 is 1.89 bits per heavy atom. The molecule has 6 nitrogen and oxygen atoms in total. The third kappa shape index (κ3) is 5.48. The van der Waals surface area contributed by atoms with Crippen LogP contribution in [0, 0.1) is 0 Å². The number of carbonyl (C=O) groups is 1. The van der Waals surface area contributed by atoms with Crippen molar-refractivity contribution in [3.05, 3.63) is 65.4 Å². The van der Waals surface area contributed by atoms with Crippen molar-refractivity contribution in [1.82, 2.24) is 14.8 Å². The maximum Gasteiger partial charge on any atom is 0.225 e. The molecule has 0 aliphatic heterocycles. The number of amides is 1. The Morgan fingerprint density at radius 1 is 1.15 bits per heavy atom. The summed E-state index contributed by atoms with van der Waals surface area (Å²) in [5.74, 6) is 1.87. The summed E-state index contributed by atoms with van der Waals surface area (Å²) in [5, 5.41) is 12.5. The van der Waals surface area contributed by atoms with Crippen molar-refractivity contribution in [2.45, 2.75) is 18.2 Å². The number of aromatic nitrogens is 3. The second-order valence-corrected chi connectivity index (χ2v) is 7.16. The maximum absolute atomic E-state index is 12.0. The van der Waals surface area contributed by atoms with Gasteiger partial charge in [-0.15, -0.1) is 10.2 Å². The Balaban J connectivity index is 1.47. The molecule has 0 atom stereocenters. The first kappa shape index (κ1) is 19.3. The van der Waals surface area contributed by atoms with E-state index in [1.807, 2.05) is 54.1 Å². The number of benzene rings is 2. The SMILES string of the molecule is Cn1c(COc2ccccc2Cl)nnc1SCCC(=O)Nc1ccccc1. The molecule has 0 aliphatic rings. The third-order valence-corrected chi connectivity index (χ3v) is 5.07. The van der Waals surface area contributed by atoms with E-state index in [-0.39, 0.29) is 12.5 Å². The van der Waals surface area contributed by atoms with Crippen molar-refractivity contribution in [3.8, 4) is 5.75 Å². The number of nitrogens with one attached hydrogen (secondary N) is 1. The Hall–Kier alpha value is -2.51. The summed E-state index contributed by atoms with van der Waals surface area (Å²) < 4.78 is 7.56.